The fourth-order valence-corrected chi connectivity index (χ4v) is 2.98. The Hall–Kier alpha value is -2.76. The van der Waals surface area contributed by atoms with E-state index in [1.54, 1.807) is 37.4 Å². The highest BCUT2D eigenvalue weighted by Crippen LogP contribution is 2.39. The average Bonchev–Trinajstić information content (AvgIpc) is 2.55. The number of urea groups is 1. The zero-order valence-corrected chi connectivity index (χ0v) is 14.4. The van der Waals surface area contributed by atoms with Crippen LogP contribution >= 0.6 is 0 Å². The molecule has 0 spiro atoms. The van der Waals surface area contributed by atoms with Crippen LogP contribution in [0.1, 0.15) is 31.9 Å². The molecule has 2 amide bonds. The van der Waals surface area contributed by atoms with Crippen molar-refractivity contribution in [3.63, 3.8) is 0 Å². The molecule has 5 nitrogen and oxygen atoms in total. The van der Waals surface area contributed by atoms with Crippen LogP contribution in [0.2, 0.25) is 0 Å². The first-order chi connectivity index (χ1) is 11.9. The maximum absolute atomic E-state index is 13.6. The smallest absolute Gasteiger partial charge is 0.319 e. The van der Waals surface area contributed by atoms with Gasteiger partial charge in [-0.2, -0.15) is 0 Å². The number of methoxy groups -OCH3 is 1. The Balaban J connectivity index is 1.77. The second-order valence-corrected chi connectivity index (χ2v) is 6.63. The van der Waals surface area contributed by atoms with Crippen LogP contribution in [0.3, 0.4) is 0 Å². The van der Waals surface area contributed by atoms with Crippen LogP contribution in [0, 0.1) is 5.82 Å². The van der Waals surface area contributed by atoms with Gasteiger partial charge >= 0.3 is 6.03 Å². The number of anilines is 1. The van der Waals surface area contributed by atoms with Gasteiger partial charge in [0.25, 0.3) is 0 Å². The highest BCUT2D eigenvalue weighted by Gasteiger charge is 2.34. The van der Waals surface area contributed by atoms with Crippen molar-refractivity contribution in [1.29, 1.82) is 0 Å². The SMILES string of the molecule is COc1cccc(NC(=O)N[C@@H]2CC(C)(C)Oc3ccc(F)cc32)c1. The first-order valence-corrected chi connectivity index (χ1v) is 8.06. The molecule has 0 saturated heterocycles. The Morgan fingerprint density at radius 2 is 2.08 bits per heavy atom. The molecule has 0 aliphatic carbocycles. The van der Waals surface area contributed by atoms with Gasteiger partial charge in [0.2, 0.25) is 0 Å². The molecule has 2 aromatic rings. The second kappa shape index (κ2) is 6.63. The lowest BCUT2D eigenvalue weighted by Crippen LogP contribution is -2.42. The third kappa shape index (κ3) is 4.02. The van der Waals surface area contributed by atoms with Gasteiger partial charge in [0, 0.05) is 23.7 Å². The molecule has 1 atom stereocenters. The van der Waals surface area contributed by atoms with E-state index in [2.05, 4.69) is 10.6 Å². The monoisotopic (exact) mass is 344 g/mol. The molecule has 0 bridgehead atoms. The number of ether oxygens (including phenoxy) is 2. The number of nitrogens with one attached hydrogen (secondary N) is 2. The van der Waals surface area contributed by atoms with Crippen molar-refractivity contribution in [2.24, 2.45) is 0 Å². The lowest BCUT2D eigenvalue weighted by atomic mass is 9.89. The Kier molecular flexibility index (Phi) is 4.53. The largest absolute Gasteiger partial charge is 0.497 e. The van der Waals surface area contributed by atoms with Crippen LogP contribution in [0.15, 0.2) is 42.5 Å². The number of carbonyl (C=O) groups excluding carboxylic acids is 1. The normalized spacial score (nSPS) is 17.8. The fourth-order valence-electron chi connectivity index (χ4n) is 2.98. The molecular weight excluding hydrogens is 323 g/mol. The van der Waals surface area contributed by atoms with Crippen LogP contribution in [0.25, 0.3) is 0 Å². The first kappa shape index (κ1) is 17.1. The zero-order valence-electron chi connectivity index (χ0n) is 14.4. The van der Waals surface area contributed by atoms with Crippen molar-refractivity contribution in [1.82, 2.24) is 5.32 Å². The van der Waals surface area contributed by atoms with Crippen molar-refractivity contribution in [3.8, 4) is 11.5 Å². The number of hydrogen-bond acceptors (Lipinski definition) is 3. The Bertz CT molecular complexity index is 792. The topological polar surface area (TPSA) is 59.6 Å². The van der Waals surface area contributed by atoms with E-state index in [0.717, 1.165) is 0 Å². The van der Waals surface area contributed by atoms with Gasteiger partial charge in [-0.25, -0.2) is 9.18 Å². The lowest BCUT2D eigenvalue weighted by molar-refractivity contribution is 0.0680. The minimum absolute atomic E-state index is 0.347. The van der Waals surface area contributed by atoms with Crippen molar-refractivity contribution >= 4 is 11.7 Å². The summed E-state index contributed by atoms with van der Waals surface area (Å²) in [5.41, 5.74) is 0.793. The van der Waals surface area contributed by atoms with E-state index in [4.69, 9.17) is 9.47 Å². The molecule has 0 saturated carbocycles. The number of fused-ring (bicyclic) bond motifs is 1. The van der Waals surface area contributed by atoms with E-state index in [0.29, 0.717) is 29.2 Å². The Morgan fingerprint density at radius 3 is 2.84 bits per heavy atom. The summed E-state index contributed by atoms with van der Waals surface area (Å²) < 4.78 is 24.7. The first-order valence-electron chi connectivity index (χ1n) is 8.06. The molecule has 2 aromatic carbocycles. The van der Waals surface area contributed by atoms with Crippen molar-refractivity contribution in [2.75, 3.05) is 12.4 Å². The molecule has 3 rings (SSSR count). The van der Waals surface area contributed by atoms with Gasteiger partial charge in [-0.1, -0.05) is 6.07 Å². The molecule has 132 valence electrons. The van der Waals surface area contributed by atoms with Gasteiger partial charge in [-0.05, 0) is 44.2 Å². The molecule has 0 radical (unpaired) electrons. The molecule has 6 heteroatoms. The molecule has 2 N–H and O–H groups in total. The maximum atomic E-state index is 13.6. The van der Waals surface area contributed by atoms with Gasteiger partial charge in [-0.3, -0.25) is 0 Å². The van der Waals surface area contributed by atoms with Crippen molar-refractivity contribution < 1.29 is 18.7 Å². The van der Waals surface area contributed by atoms with Gasteiger partial charge in [0.05, 0.1) is 13.2 Å². The number of amides is 2. The van der Waals surface area contributed by atoms with Gasteiger partial charge < -0.3 is 20.1 Å². The summed E-state index contributed by atoms with van der Waals surface area (Å²) in [6.45, 7) is 3.88. The predicted molar refractivity (Wildman–Crippen MR) is 93.6 cm³/mol. The van der Waals surface area contributed by atoms with Crippen LogP contribution in [-0.4, -0.2) is 18.7 Å². The van der Waals surface area contributed by atoms with Gasteiger partial charge in [0.1, 0.15) is 22.9 Å². The molecule has 1 aliphatic heterocycles. The zero-order chi connectivity index (χ0) is 18.0. The van der Waals surface area contributed by atoms with Gasteiger partial charge in [0.15, 0.2) is 0 Å². The van der Waals surface area contributed by atoms with Crippen LogP contribution < -0.4 is 20.1 Å². The summed E-state index contributed by atoms with van der Waals surface area (Å²) in [6.07, 6.45) is 0.537. The third-order valence-corrected chi connectivity index (χ3v) is 4.06. The number of benzene rings is 2. The quantitative estimate of drug-likeness (QED) is 0.875. The minimum Gasteiger partial charge on any atom is -0.497 e. The van der Waals surface area contributed by atoms with Crippen molar-refractivity contribution in [2.45, 2.75) is 31.9 Å². The summed E-state index contributed by atoms with van der Waals surface area (Å²) in [5, 5.41) is 5.68. The summed E-state index contributed by atoms with van der Waals surface area (Å²) in [4.78, 5) is 12.4. The van der Waals surface area contributed by atoms with Crippen LogP contribution in [0.5, 0.6) is 11.5 Å². The van der Waals surface area contributed by atoms with E-state index in [1.165, 1.54) is 12.1 Å². The number of hydrogen-bond donors (Lipinski definition) is 2. The maximum Gasteiger partial charge on any atom is 0.319 e. The van der Waals surface area contributed by atoms with E-state index < -0.39 is 5.60 Å². The lowest BCUT2D eigenvalue weighted by Gasteiger charge is -2.37. The summed E-state index contributed by atoms with van der Waals surface area (Å²) >= 11 is 0. The molecular formula is C19H21FN2O3. The molecule has 1 heterocycles. The van der Waals surface area contributed by atoms with E-state index >= 15 is 0 Å². The molecule has 0 aromatic heterocycles. The Morgan fingerprint density at radius 1 is 1.28 bits per heavy atom. The van der Waals surface area contributed by atoms with Crippen LogP contribution in [-0.2, 0) is 0 Å². The van der Waals surface area contributed by atoms with Crippen LogP contribution in [0.4, 0.5) is 14.9 Å². The van der Waals surface area contributed by atoms with Crippen molar-refractivity contribution in [3.05, 3.63) is 53.8 Å². The van der Waals surface area contributed by atoms with E-state index in [1.807, 2.05) is 13.8 Å². The summed E-state index contributed by atoms with van der Waals surface area (Å²) in [7, 11) is 1.56. The number of rotatable bonds is 3. The molecule has 25 heavy (non-hydrogen) atoms. The third-order valence-electron chi connectivity index (χ3n) is 4.06. The van der Waals surface area contributed by atoms with E-state index in [-0.39, 0.29) is 17.9 Å². The Labute approximate surface area is 146 Å². The molecule has 1 aliphatic rings. The molecule has 0 unspecified atom stereocenters. The predicted octanol–water partition coefficient (Wildman–Crippen LogP) is 4.26. The van der Waals surface area contributed by atoms with E-state index in [9.17, 15) is 9.18 Å². The average molecular weight is 344 g/mol. The highest BCUT2D eigenvalue weighted by molar-refractivity contribution is 5.89. The second-order valence-electron chi connectivity index (χ2n) is 6.63. The number of carbonyl (C=O) groups is 1. The summed E-state index contributed by atoms with van der Waals surface area (Å²) in [6, 6.07) is 10.7. The molecule has 0 fully saturated rings. The number of halogens is 1. The highest BCUT2D eigenvalue weighted by atomic mass is 19.1. The van der Waals surface area contributed by atoms with Gasteiger partial charge in [-0.15, -0.1) is 0 Å². The summed E-state index contributed by atoms with van der Waals surface area (Å²) in [5.74, 6) is 0.879. The minimum atomic E-state index is -0.460. The standard InChI is InChI=1S/C19H21FN2O3/c1-19(2)11-16(15-9-12(20)7-8-17(15)25-19)22-18(23)21-13-5-4-6-14(10-13)24-3/h4-10,16H,11H2,1-3H3,(H2,21,22,23)/t16-/m1/s1. The fraction of sp³-hybridized carbons (Fsp3) is 0.316.